The molecule has 0 amide bonds. The number of aromatic nitrogens is 2. The summed E-state index contributed by atoms with van der Waals surface area (Å²) in [6.07, 6.45) is 1.88. The Bertz CT molecular complexity index is 632. The Kier molecular flexibility index (Phi) is 4.75. The average molecular weight is 287 g/mol. The van der Waals surface area contributed by atoms with Crippen molar-refractivity contribution in [3.05, 3.63) is 47.3 Å². The van der Waals surface area contributed by atoms with Crippen LogP contribution in [0.15, 0.2) is 30.5 Å². The highest BCUT2D eigenvalue weighted by Gasteiger charge is 2.21. The van der Waals surface area contributed by atoms with E-state index in [0.717, 1.165) is 11.1 Å². The van der Waals surface area contributed by atoms with Crippen LogP contribution in [-0.2, 0) is 13.0 Å². The molecule has 0 atom stereocenters. The van der Waals surface area contributed by atoms with E-state index in [4.69, 9.17) is 10.5 Å². The predicted molar refractivity (Wildman–Crippen MR) is 81.5 cm³/mol. The van der Waals surface area contributed by atoms with Crippen LogP contribution in [0.1, 0.15) is 41.5 Å². The van der Waals surface area contributed by atoms with Crippen molar-refractivity contribution in [2.45, 2.75) is 32.9 Å². The van der Waals surface area contributed by atoms with Crippen LogP contribution < -0.4 is 10.5 Å². The summed E-state index contributed by atoms with van der Waals surface area (Å²) >= 11 is 0. The maximum absolute atomic E-state index is 12.7. The number of hydrogen-bond acceptors (Lipinski definition) is 4. The van der Waals surface area contributed by atoms with E-state index in [1.54, 1.807) is 18.0 Å². The number of nitrogens with two attached hydrogens (primary N) is 1. The van der Waals surface area contributed by atoms with Gasteiger partial charge in [-0.05, 0) is 25.0 Å². The van der Waals surface area contributed by atoms with Gasteiger partial charge >= 0.3 is 0 Å². The number of carbonyl (C=O) groups is 1. The van der Waals surface area contributed by atoms with Crippen LogP contribution in [-0.4, -0.2) is 22.7 Å². The lowest BCUT2D eigenvalue weighted by atomic mass is 10.0. The summed E-state index contributed by atoms with van der Waals surface area (Å²) in [4.78, 5) is 12.7. The van der Waals surface area contributed by atoms with Crippen LogP contribution in [0.25, 0.3) is 0 Å². The lowest BCUT2D eigenvalue weighted by Gasteiger charge is -2.12. The van der Waals surface area contributed by atoms with Crippen LogP contribution in [0.2, 0.25) is 0 Å². The standard InChI is InChI=1S/C16H21N3O2/c1-11(2)19-16(15(21-3)10-18-19)14(20)8-12-6-4-5-7-13(12)9-17/h4-7,10-11H,8-9,17H2,1-3H3. The van der Waals surface area contributed by atoms with E-state index in [1.807, 2.05) is 38.1 Å². The van der Waals surface area contributed by atoms with Crippen molar-refractivity contribution < 1.29 is 9.53 Å². The zero-order valence-corrected chi connectivity index (χ0v) is 12.7. The maximum Gasteiger partial charge on any atom is 0.189 e. The molecule has 2 rings (SSSR count). The number of Topliss-reactive ketones (excluding diaryl/α,β-unsaturated/α-hetero) is 1. The van der Waals surface area contributed by atoms with Crippen molar-refractivity contribution in [3.8, 4) is 5.75 Å². The van der Waals surface area contributed by atoms with E-state index in [0.29, 0.717) is 24.4 Å². The molecule has 0 saturated heterocycles. The molecule has 0 aliphatic heterocycles. The molecule has 2 N–H and O–H groups in total. The van der Waals surface area contributed by atoms with E-state index in [2.05, 4.69) is 5.10 Å². The van der Waals surface area contributed by atoms with Crippen molar-refractivity contribution in [1.82, 2.24) is 9.78 Å². The van der Waals surface area contributed by atoms with Crippen molar-refractivity contribution >= 4 is 5.78 Å². The van der Waals surface area contributed by atoms with Gasteiger partial charge in [-0.15, -0.1) is 0 Å². The summed E-state index contributed by atoms with van der Waals surface area (Å²) in [6.45, 7) is 4.39. The minimum absolute atomic E-state index is 0.0149. The third-order valence-electron chi connectivity index (χ3n) is 3.42. The first kappa shape index (κ1) is 15.3. The SMILES string of the molecule is COc1cnn(C(C)C)c1C(=O)Cc1ccccc1CN. The Hall–Kier alpha value is -2.14. The second-order valence-electron chi connectivity index (χ2n) is 5.17. The summed E-state index contributed by atoms with van der Waals surface area (Å²) in [7, 11) is 1.55. The van der Waals surface area contributed by atoms with E-state index in [9.17, 15) is 4.79 Å². The number of ketones is 1. The number of ether oxygens (including phenoxy) is 1. The zero-order chi connectivity index (χ0) is 15.4. The van der Waals surface area contributed by atoms with E-state index in [1.165, 1.54) is 0 Å². The second kappa shape index (κ2) is 6.54. The Morgan fingerprint density at radius 1 is 1.33 bits per heavy atom. The number of benzene rings is 1. The third kappa shape index (κ3) is 3.13. The molecular weight excluding hydrogens is 266 g/mol. The van der Waals surface area contributed by atoms with Gasteiger partial charge in [0.25, 0.3) is 0 Å². The third-order valence-corrected chi connectivity index (χ3v) is 3.42. The molecular formula is C16H21N3O2. The van der Waals surface area contributed by atoms with Crippen LogP contribution >= 0.6 is 0 Å². The molecule has 0 saturated carbocycles. The maximum atomic E-state index is 12.7. The molecule has 1 heterocycles. The van der Waals surface area contributed by atoms with E-state index in [-0.39, 0.29) is 11.8 Å². The number of rotatable bonds is 6. The van der Waals surface area contributed by atoms with Gasteiger partial charge in [-0.2, -0.15) is 5.10 Å². The normalized spacial score (nSPS) is 10.9. The lowest BCUT2D eigenvalue weighted by Crippen LogP contribution is -2.16. The van der Waals surface area contributed by atoms with Gasteiger partial charge in [0.15, 0.2) is 11.5 Å². The van der Waals surface area contributed by atoms with Gasteiger partial charge in [-0.25, -0.2) is 0 Å². The van der Waals surface area contributed by atoms with Gasteiger partial charge in [0, 0.05) is 19.0 Å². The Morgan fingerprint density at radius 2 is 2.00 bits per heavy atom. The number of hydrogen-bond donors (Lipinski definition) is 1. The average Bonchev–Trinajstić information content (AvgIpc) is 2.92. The molecule has 0 unspecified atom stereocenters. The zero-order valence-electron chi connectivity index (χ0n) is 12.7. The second-order valence-corrected chi connectivity index (χ2v) is 5.17. The summed E-state index contributed by atoms with van der Waals surface area (Å²) in [5.74, 6) is 0.498. The highest BCUT2D eigenvalue weighted by atomic mass is 16.5. The molecule has 112 valence electrons. The topological polar surface area (TPSA) is 70.1 Å². The smallest absolute Gasteiger partial charge is 0.189 e. The van der Waals surface area contributed by atoms with Crippen LogP contribution in [0.4, 0.5) is 0 Å². The molecule has 0 fully saturated rings. The highest BCUT2D eigenvalue weighted by molar-refractivity contribution is 5.98. The first-order valence-corrected chi connectivity index (χ1v) is 7.00. The Balaban J connectivity index is 2.34. The molecule has 0 bridgehead atoms. The largest absolute Gasteiger partial charge is 0.493 e. The van der Waals surface area contributed by atoms with Gasteiger partial charge in [-0.1, -0.05) is 24.3 Å². The molecule has 0 radical (unpaired) electrons. The molecule has 0 aliphatic carbocycles. The molecule has 1 aromatic carbocycles. The molecule has 1 aromatic heterocycles. The summed E-state index contributed by atoms with van der Waals surface area (Å²) in [5.41, 5.74) is 8.17. The fourth-order valence-corrected chi connectivity index (χ4v) is 2.34. The number of methoxy groups -OCH3 is 1. The quantitative estimate of drug-likeness (QED) is 0.828. The van der Waals surface area contributed by atoms with Crippen LogP contribution in [0.5, 0.6) is 5.75 Å². The molecule has 0 spiro atoms. The molecule has 5 heteroatoms. The number of carbonyl (C=O) groups excluding carboxylic acids is 1. The predicted octanol–water partition coefficient (Wildman–Crippen LogP) is 2.36. The van der Waals surface area contributed by atoms with Crippen molar-refractivity contribution in [3.63, 3.8) is 0 Å². The minimum Gasteiger partial charge on any atom is -0.493 e. The van der Waals surface area contributed by atoms with E-state index < -0.39 is 0 Å². The monoisotopic (exact) mass is 287 g/mol. The fraction of sp³-hybridized carbons (Fsp3) is 0.375. The summed E-state index contributed by atoms with van der Waals surface area (Å²) < 4.78 is 6.96. The van der Waals surface area contributed by atoms with Gasteiger partial charge in [0.1, 0.15) is 5.69 Å². The minimum atomic E-state index is -0.0149. The van der Waals surface area contributed by atoms with Crippen molar-refractivity contribution in [1.29, 1.82) is 0 Å². The summed E-state index contributed by atoms with van der Waals surface area (Å²) in [5, 5.41) is 4.24. The fourth-order valence-electron chi connectivity index (χ4n) is 2.34. The van der Waals surface area contributed by atoms with Crippen molar-refractivity contribution in [2.75, 3.05) is 7.11 Å². The van der Waals surface area contributed by atoms with Gasteiger partial charge in [-0.3, -0.25) is 9.48 Å². The van der Waals surface area contributed by atoms with E-state index >= 15 is 0 Å². The number of nitrogens with zero attached hydrogens (tertiary/aromatic N) is 2. The first-order valence-electron chi connectivity index (χ1n) is 7.00. The lowest BCUT2D eigenvalue weighted by molar-refractivity contribution is 0.0977. The van der Waals surface area contributed by atoms with Gasteiger partial charge < -0.3 is 10.5 Å². The summed E-state index contributed by atoms with van der Waals surface area (Å²) in [6, 6.07) is 7.81. The van der Waals surface area contributed by atoms with Crippen LogP contribution in [0.3, 0.4) is 0 Å². The molecule has 2 aromatic rings. The molecule has 0 aliphatic rings. The first-order chi connectivity index (χ1) is 10.1. The Morgan fingerprint density at radius 3 is 2.57 bits per heavy atom. The van der Waals surface area contributed by atoms with Gasteiger partial charge in [0.05, 0.1) is 13.3 Å². The van der Waals surface area contributed by atoms with Gasteiger partial charge in [0.2, 0.25) is 0 Å². The Labute approximate surface area is 124 Å². The highest BCUT2D eigenvalue weighted by Crippen LogP contribution is 2.23. The molecule has 5 nitrogen and oxygen atoms in total. The molecule has 21 heavy (non-hydrogen) atoms. The van der Waals surface area contributed by atoms with Crippen LogP contribution in [0, 0.1) is 0 Å². The van der Waals surface area contributed by atoms with Crippen molar-refractivity contribution in [2.24, 2.45) is 5.73 Å².